The number of carbonyl (C=O) groups is 1. The minimum atomic E-state index is 0.00310. The summed E-state index contributed by atoms with van der Waals surface area (Å²) in [7, 11) is 0. The molecule has 0 saturated carbocycles. The normalized spacial score (nSPS) is 17.2. The number of rotatable bonds is 5. The molecule has 0 aliphatic carbocycles. The molecule has 1 amide bonds. The lowest BCUT2D eigenvalue weighted by Crippen LogP contribution is -2.37. The predicted molar refractivity (Wildman–Crippen MR) is 94.3 cm³/mol. The van der Waals surface area contributed by atoms with Gasteiger partial charge >= 0.3 is 0 Å². The summed E-state index contributed by atoms with van der Waals surface area (Å²) in [5.74, 6) is 0.00310. The Bertz CT molecular complexity index is 723. The van der Waals surface area contributed by atoms with E-state index in [0.29, 0.717) is 18.7 Å². The van der Waals surface area contributed by atoms with Crippen LogP contribution in [0.2, 0.25) is 0 Å². The molecule has 0 radical (unpaired) electrons. The van der Waals surface area contributed by atoms with Crippen LogP contribution in [0.3, 0.4) is 0 Å². The Morgan fingerprint density at radius 3 is 2.75 bits per heavy atom. The molecule has 0 spiro atoms. The Labute approximate surface area is 146 Å². The molecule has 1 saturated heterocycles. The SMILES string of the molecule is Cc1csc(CN(C[C@@H]2CCCO2)C(=O)c2ccc(C)nc2C)n1. The van der Waals surface area contributed by atoms with Crippen molar-refractivity contribution in [2.45, 2.75) is 46.3 Å². The van der Waals surface area contributed by atoms with E-state index in [9.17, 15) is 4.79 Å². The fourth-order valence-corrected chi connectivity index (χ4v) is 3.76. The monoisotopic (exact) mass is 345 g/mol. The Morgan fingerprint density at radius 2 is 2.12 bits per heavy atom. The first-order chi connectivity index (χ1) is 11.5. The molecule has 1 aliphatic rings. The molecule has 2 aromatic rings. The lowest BCUT2D eigenvalue weighted by Gasteiger charge is -2.25. The standard InChI is InChI=1S/C18H23N3O2S/c1-12-6-7-16(14(3)19-12)18(22)21(9-15-5-4-8-23-15)10-17-20-13(2)11-24-17/h6-7,11,15H,4-5,8-10H2,1-3H3/t15-/m0/s1. The highest BCUT2D eigenvalue weighted by Gasteiger charge is 2.25. The summed E-state index contributed by atoms with van der Waals surface area (Å²) < 4.78 is 5.74. The Hall–Kier alpha value is -1.79. The van der Waals surface area contributed by atoms with Gasteiger partial charge < -0.3 is 9.64 Å². The molecule has 0 aromatic carbocycles. The molecule has 24 heavy (non-hydrogen) atoms. The number of nitrogens with zero attached hydrogens (tertiary/aromatic N) is 3. The predicted octanol–water partition coefficient (Wildman–Crippen LogP) is 3.28. The van der Waals surface area contributed by atoms with Gasteiger partial charge in [-0.05, 0) is 45.7 Å². The summed E-state index contributed by atoms with van der Waals surface area (Å²) in [6.45, 7) is 7.70. The van der Waals surface area contributed by atoms with Crippen LogP contribution in [0.25, 0.3) is 0 Å². The van der Waals surface area contributed by atoms with Crippen molar-refractivity contribution in [3.05, 3.63) is 45.2 Å². The maximum absolute atomic E-state index is 13.1. The van der Waals surface area contributed by atoms with E-state index in [0.717, 1.165) is 41.5 Å². The van der Waals surface area contributed by atoms with Gasteiger partial charge in [0.1, 0.15) is 5.01 Å². The van der Waals surface area contributed by atoms with Gasteiger partial charge in [0.2, 0.25) is 0 Å². The van der Waals surface area contributed by atoms with E-state index < -0.39 is 0 Å². The van der Waals surface area contributed by atoms with Gasteiger partial charge in [-0.15, -0.1) is 11.3 Å². The van der Waals surface area contributed by atoms with Gasteiger partial charge in [0.25, 0.3) is 5.91 Å². The van der Waals surface area contributed by atoms with Crippen LogP contribution in [-0.2, 0) is 11.3 Å². The summed E-state index contributed by atoms with van der Waals surface area (Å²) in [5.41, 5.74) is 3.34. The van der Waals surface area contributed by atoms with Crippen molar-refractivity contribution in [1.82, 2.24) is 14.9 Å². The molecular weight excluding hydrogens is 322 g/mol. The summed E-state index contributed by atoms with van der Waals surface area (Å²) in [6.07, 6.45) is 2.19. The smallest absolute Gasteiger partial charge is 0.256 e. The van der Waals surface area contributed by atoms with Crippen LogP contribution < -0.4 is 0 Å². The molecular formula is C18H23N3O2S. The lowest BCUT2D eigenvalue weighted by atomic mass is 10.1. The number of thiazole rings is 1. The van der Waals surface area contributed by atoms with Crippen LogP contribution in [0.5, 0.6) is 0 Å². The summed E-state index contributed by atoms with van der Waals surface area (Å²) in [5, 5.41) is 2.97. The third kappa shape index (κ3) is 3.99. The van der Waals surface area contributed by atoms with Crippen molar-refractivity contribution in [3.8, 4) is 0 Å². The quantitative estimate of drug-likeness (QED) is 0.834. The van der Waals surface area contributed by atoms with E-state index in [4.69, 9.17) is 4.74 Å². The van der Waals surface area contributed by atoms with Crippen molar-refractivity contribution < 1.29 is 9.53 Å². The van der Waals surface area contributed by atoms with Crippen LogP contribution in [0.4, 0.5) is 0 Å². The number of ether oxygens (including phenoxy) is 1. The topological polar surface area (TPSA) is 55.3 Å². The summed E-state index contributed by atoms with van der Waals surface area (Å²) >= 11 is 1.59. The van der Waals surface area contributed by atoms with Crippen LogP contribution in [-0.4, -0.2) is 40.0 Å². The maximum atomic E-state index is 13.1. The molecule has 1 atom stereocenters. The van der Waals surface area contributed by atoms with E-state index in [1.54, 1.807) is 11.3 Å². The molecule has 0 unspecified atom stereocenters. The van der Waals surface area contributed by atoms with E-state index in [1.165, 1.54) is 0 Å². The van der Waals surface area contributed by atoms with Crippen LogP contribution in [0.15, 0.2) is 17.5 Å². The zero-order valence-corrected chi connectivity index (χ0v) is 15.2. The number of hydrogen-bond acceptors (Lipinski definition) is 5. The molecule has 6 heteroatoms. The first-order valence-electron chi connectivity index (χ1n) is 8.29. The van der Waals surface area contributed by atoms with Crippen LogP contribution in [0, 0.1) is 20.8 Å². The largest absolute Gasteiger partial charge is 0.376 e. The second kappa shape index (κ2) is 7.40. The molecule has 3 rings (SSSR count). The summed E-state index contributed by atoms with van der Waals surface area (Å²) in [6, 6.07) is 3.76. The molecule has 128 valence electrons. The second-order valence-corrected chi connectivity index (χ2v) is 7.23. The number of aryl methyl sites for hydroxylation is 3. The van der Waals surface area contributed by atoms with Gasteiger partial charge in [-0.1, -0.05) is 0 Å². The fraction of sp³-hybridized carbons (Fsp3) is 0.500. The van der Waals surface area contributed by atoms with Gasteiger partial charge in [-0.2, -0.15) is 0 Å². The first-order valence-corrected chi connectivity index (χ1v) is 9.17. The summed E-state index contributed by atoms with van der Waals surface area (Å²) in [4.78, 5) is 23.9. The minimum absolute atomic E-state index is 0.00310. The highest BCUT2D eigenvalue weighted by atomic mass is 32.1. The lowest BCUT2D eigenvalue weighted by molar-refractivity contribution is 0.0506. The number of carbonyl (C=O) groups excluding carboxylic acids is 1. The Kier molecular flexibility index (Phi) is 5.26. The van der Waals surface area contributed by atoms with Crippen molar-refractivity contribution in [1.29, 1.82) is 0 Å². The molecule has 1 aliphatic heterocycles. The van der Waals surface area contributed by atoms with Crippen LogP contribution in [0.1, 0.15) is 45.3 Å². The second-order valence-electron chi connectivity index (χ2n) is 6.29. The third-order valence-electron chi connectivity index (χ3n) is 4.18. The number of aromatic nitrogens is 2. The molecule has 2 aromatic heterocycles. The van der Waals surface area contributed by atoms with Crippen molar-refractivity contribution in [2.24, 2.45) is 0 Å². The van der Waals surface area contributed by atoms with Gasteiger partial charge in [-0.25, -0.2) is 4.98 Å². The number of hydrogen-bond donors (Lipinski definition) is 0. The van der Waals surface area contributed by atoms with Gasteiger partial charge in [-0.3, -0.25) is 9.78 Å². The van der Waals surface area contributed by atoms with Crippen molar-refractivity contribution in [2.75, 3.05) is 13.2 Å². The Balaban J connectivity index is 1.82. The molecule has 0 N–H and O–H groups in total. The molecule has 1 fully saturated rings. The number of pyridine rings is 1. The molecule has 5 nitrogen and oxygen atoms in total. The molecule has 3 heterocycles. The number of amides is 1. The van der Waals surface area contributed by atoms with Crippen molar-refractivity contribution in [3.63, 3.8) is 0 Å². The van der Waals surface area contributed by atoms with E-state index in [1.807, 2.05) is 43.2 Å². The average molecular weight is 345 g/mol. The first kappa shape index (κ1) is 17.0. The fourth-order valence-electron chi connectivity index (χ4n) is 2.97. The van der Waals surface area contributed by atoms with E-state index in [2.05, 4.69) is 9.97 Å². The van der Waals surface area contributed by atoms with E-state index in [-0.39, 0.29) is 12.0 Å². The van der Waals surface area contributed by atoms with Gasteiger partial charge in [0.15, 0.2) is 0 Å². The maximum Gasteiger partial charge on any atom is 0.256 e. The minimum Gasteiger partial charge on any atom is -0.376 e. The zero-order chi connectivity index (χ0) is 17.1. The molecule has 0 bridgehead atoms. The van der Waals surface area contributed by atoms with Crippen molar-refractivity contribution >= 4 is 17.2 Å². The Morgan fingerprint density at radius 1 is 1.29 bits per heavy atom. The van der Waals surface area contributed by atoms with Crippen LogP contribution >= 0.6 is 11.3 Å². The highest BCUT2D eigenvalue weighted by molar-refractivity contribution is 7.09. The third-order valence-corrected chi connectivity index (χ3v) is 5.13. The highest BCUT2D eigenvalue weighted by Crippen LogP contribution is 2.20. The van der Waals surface area contributed by atoms with E-state index >= 15 is 0 Å². The van der Waals surface area contributed by atoms with Gasteiger partial charge in [0.05, 0.1) is 23.9 Å². The van der Waals surface area contributed by atoms with Gasteiger partial charge in [0, 0.05) is 29.9 Å². The average Bonchev–Trinajstić information content (AvgIpc) is 3.18. The zero-order valence-electron chi connectivity index (χ0n) is 14.4.